The van der Waals surface area contributed by atoms with Crippen LogP contribution in [0.4, 0.5) is 17.6 Å². The predicted octanol–water partition coefficient (Wildman–Crippen LogP) is 5.81. The van der Waals surface area contributed by atoms with Crippen molar-refractivity contribution in [2.75, 3.05) is 7.11 Å². The van der Waals surface area contributed by atoms with Gasteiger partial charge in [0.15, 0.2) is 11.5 Å². The number of carbonyl (C=O) groups is 2. The Hall–Kier alpha value is -4.48. The number of alkyl halides is 4. The van der Waals surface area contributed by atoms with Crippen LogP contribution < -0.4 is 24.3 Å². The predicted molar refractivity (Wildman–Crippen MR) is 133 cm³/mol. The van der Waals surface area contributed by atoms with Crippen LogP contribution in [0.2, 0.25) is 0 Å². The fourth-order valence-electron chi connectivity index (χ4n) is 5.23. The van der Waals surface area contributed by atoms with Crippen LogP contribution in [0.15, 0.2) is 60.7 Å². The van der Waals surface area contributed by atoms with Crippen LogP contribution in [0, 0.1) is 0 Å². The van der Waals surface area contributed by atoms with E-state index in [-0.39, 0.29) is 35.3 Å². The summed E-state index contributed by atoms with van der Waals surface area (Å²) in [5.41, 5.74) is 1.13. The van der Waals surface area contributed by atoms with Gasteiger partial charge in [0.05, 0.1) is 24.1 Å². The third kappa shape index (κ3) is 5.09. The van der Waals surface area contributed by atoms with E-state index in [0.29, 0.717) is 35.1 Å². The van der Waals surface area contributed by atoms with Gasteiger partial charge in [-0.3, -0.25) is 4.79 Å². The molecule has 0 unspecified atom stereocenters. The fourth-order valence-corrected chi connectivity index (χ4v) is 5.23. The standard InChI is InChI=1S/C29H23F4NO7/c1-37-25(35)16-4-2-15(3-5-16)22-14-20(19-8-7-18(38-27(30)31)13-23(19)39-22)34-26(36)28(10-11-28)17-6-9-21-24(12-17)41-29(32,33)40-21/h2-9,12-13,20,22,27H,10-11,14H2,1H3,(H,34,36)/t20-,22-/m1/s1. The molecule has 3 aliphatic rings. The molecule has 2 atom stereocenters. The van der Waals surface area contributed by atoms with E-state index in [4.69, 9.17) is 9.47 Å². The Morgan fingerprint density at radius 2 is 1.68 bits per heavy atom. The second-order valence-electron chi connectivity index (χ2n) is 9.97. The zero-order chi connectivity index (χ0) is 28.9. The van der Waals surface area contributed by atoms with Crippen molar-refractivity contribution < 1.29 is 50.8 Å². The van der Waals surface area contributed by atoms with Crippen LogP contribution in [-0.2, 0) is 14.9 Å². The number of hydrogen-bond donors (Lipinski definition) is 1. The van der Waals surface area contributed by atoms with Crippen molar-refractivity contribution >= 4 is 11.9 Å². The lowest BCUT2D eigenvalue weighted by Gasteiger charge is -2.34. The number of methoxy groups -OCH3 is 1. The molecule has 0 saturated heterocycles. The summed E-state index contributed by atoms with van der Waals surface area (Å²) in [4.78, 5) is 25.5. The highest BCUT2D eigenvalue weighted by atomic mass is 19.3. The normalized spacial score (nSPS) is 20.9. The van der Waals surface area contributed by atoms with Gasteiger partial charge < -0.3 is 29.0 Å². The molecule has 8 nitrogen and oxygen atoms in total. The van der Waals surface area contributed by atoms with E-state index in [0.717, 1.165) is 0 Å². The minimum Gasteiger partial charge on any atom is -0.485 e. The lowest BCUT2D eigenvalue weighted by molar-refractivity contribution is -0.286. The van der Waals surface area contributed by atoms with E-state index in [1.807, 2.05) is 0 Å². The van der Waals surface area contributed by atoms with E-state index in [1.54, 1.807) is 36.4 Å². The largest absolute Gasteiger partial charge is 0.586 e. The summed E-state index contributed by atoms with van der Waals surface area (Å²) in [5, 5.41) is 3.06. The van der Waals surface area contributed by atoms with Crippen LogP contribution in [-0.4, -0.2) is 31.9 Å². The Labute approximate surface area is 231 Å². The number of amides is 1. The van der Waals surface area contributed by atoms with E-state index in [2.05, 4.69) is 19.5 Å². The zero-order valence-electron chi connectivity index (χ0n) is 21.5. The van der Waals surface area contributed by atoms with Gasteiger partial charge in [-0.2, -0.15) is 8.78 Å². The van der Waals surface area contributed by atoms with Crippen molar-refractivity contribution in [1.29, 1.82) is 0 Å². The van der Waals surface area contributed by atoms with Crippen LogP contribution in [0.3, 0.4) is 0 Å². The van der Waals surface area contributed by atoms with Crippen LogP contribution >= 0.6 is 0 Å². The molecule has 1 amide bonds. The maximum atomic E-state index is 13.7. The second-order valence-corrected chi connectivity index (χ2v) is 9.97. The summed E-state index contributed by atoms with van der Waals surface area (Å²) in [6.07, 6.45) is -3.11. The number of halogens is 4. The molecule has 2 aliphatic heterocycles. The number of ether oxygens (including phenoxy) is 5. The van der Waals surface area contributed by atoms with Crippen LogP contribution in [0.5, 0.6) is 23.0 Å². The van der Waals surface area contributed by atoms with Crippen LogP contribution in [0.25, 0.3) is 0 Å². The molecule has 3 aromatic carbocycles. The average Bonchev–Trinajstić information content (AvgIpc) is 3.69. The minimum atomic E-state index is -3.78. The highest BCUT2D eigenvalue weighted by molar-refractivity contribution is 5.92. The Kier molecular flexibility index (Phi) is 6.43. The molecule has 2 heterocycles. The summed E-state index contributed by atoms with van der Waals surface area (Å²) in [6.45, 7) is -3.04. The zero-order valence-corrected chi connectivity index (χ0v) is 21.5. The molecule has 41 heavy (non-hydrogen) atoms. The summed E-state index contributed by atoms with van der Waals surface area (Å²) in [6, 6.07) is 14.5. The summed E-state index contributed by atoms with van der Waals surface area (Å²) in [7, 11) is 1.27. The van der Waals surface area contributed by atoms with Gasteiger partial charge >= 0.3 is 18.9 Å². The lowest BCUT2D eigenvalue weighted by atomic mass is 9.90. The molecule has 0 spiro atoms. The van der Waals surface area contributed by atoms with Gasteiger partial charge in [0, 0.05) is 18.1 Å². The van der Waals surface area contributed by atoms with E-state index >= 15 is 0 Å². The summed E-state index contributed by atoms with van der Waals surface area (Å²) >= 11 is 0. The quantitative estimate of drug-likeness (QED) is 0.282. The van der Waals surface area contributed by atoms with Gasteiger partial charge in [-0.25, -0.2) is 4.79 Å². The van der Waals surface area contributed by atoms with Crippen molar-refractivity contribution in [2.45, 2.75) is 49.7 Å². The molecule has 214 valence electrons. The first-order valence-electron chi connectivity index (χ1n) is 12.7. The van der Waals surface area contributed by atoms with E-state index in [1.165, 1.54) is 31.4 Å². The number of nitrogens with one attached hydrogen (secondary N) is 1. The highest BCUT2D eigenvalue weighted by Crippen LogP contribution is 2.53. The maximum absolute atomic E-state index is 13.7. The molecule has 12 heteroatoms. The van der Waals surface area contributed by atoms with Gasteiger partial charge in [0.1, 0.15) is 17.6 Å². The van der Waals surface area contributed by atoms with Gasteiger partial charge in [0.25, 0.3) is 0 Å². The molecule has 0 aromatic heterocycles. The average molecular weight is 573 g/mol. The molecule has 1 fully saturated rings. The SMILES string of the molecule is COC(=O)c1ccc([C@H]2C[C@@H](NC(=O)C3(c4ccc5c(c4)OC(F)(F)O5)CC3)c3ccc(OC(F)F)cc3O2)cc1. The maximum Gasteiger partial charge on any atom is 0.586 e. The van der Waals surface area contributed by atoms with E-state index in [9.17, 15) is 27.2 Å². The molecule has 1 N–H and O–H groups in total. The summed E-state index contributed by atoms with van der Waals surface area (Å²) < 4.78 is 77.3. The lowest BCUT2D eigenvalue weighted by Crippen LogP contribution is -2.39. The number of carbonyl (C=O) groups excluding carboxylic acids is 2. The molecule has 6 rings (SSSR count). The third-order valence-corrected chi connectivity index (χ3v) is 7.45. The number of esters is 1. The molecule has 0 radical (unpaired) electrons. The summed E-state index contributed by atoms with van der Waals surface area (Å²) in [5.74, 6) is -0.958. The number of rotatable bonds is 7. The van der Waals surface area contributed by atoms with Crippen molar-refractivity contribution in [3.8, 4) is 23.0 Å². The number of hydrogen-bond acceptors (Lipinski definition) is 7. The van der Waals surface area contributed by atoms with Crippen molar-refractivity contribution in [2.24, 2.45) is 0 Å². The van der Waals surface area contributed by atoms with Crippen LogP contribution in [0.1, 0.15) is 58.5 Å². The van der Waals surface area contributed by atoms with Crippen molar-refractivity contribution in [3.05, 3.63) is 82.9 Å². The minimum absolute atomic E-state index is 0.110. The van der Waals surface area contributed by atoms with Crippen molar-refractivity contribution in [1.82, 2.24) is 5.32 Å². The fraction of sp³-hybridized carbons (Fsp3) is 0.310. The molecule has 0 bridgehead atoms. The molecular weight excluding hydrogens is 550 g/mol. The van der Waals surface area contributed by atoms with E-state index < -0.39 is 36.4 Å². The second kappa shape index (κ2) is 9.86. The Bertz CT molecular complexity index is 1510. The Morgan fingerprint density at radius 3 is 2.37 bits per heavy atom. The number of benzene rings is 3. The highest BCUT2D eigenvalue weighted by Gasteiger charge is 2.53. The number of fused-ring (bicyclic) bond motifs is 2. The van der Waals surface area contributed by atoms with Gasteiger partial charge in [-0.1, -0.05) is 18.2 Å². The molecule has 3 aromatic rings. The Balaban J connectivity index is 1.28. The third-order valence-electron chi connectivity index (χ3n) is 7.45. The first-order chi connectivity index (χ1) is 19.6. The monoisotopic (exact) mass is 573 g/mol. The Morgan fingerprint density at radius 1 is 0.951 bits per heavy atom. The van der Waals surface area contributed by atoms with Gasteiger partial charge in [-0.15, -0.1) is 8.78 Å². The molecular formula is C29H23F4NO7. The topological polar surface area (TPSA) is 92.3 Å². The first kappa shape index (κ1) is 26.7. The first-order valence-corrected chi connectivity index (χ1v) is 12.7. The van der Waals surface area contributed by atoms with Crippen molar-refractivity contribution in [3.63, 3.8) is 0 Å². The molecule has 1 aliphatic carbocycles. The van der Waals surface area contributed by atoms with Gasteiger partial charge in [0.2, 0.25) is 5.91 Å². The van der Waals surface area contributed by atoms with Gasteiger partial charge in [-0.05, 0) is 60.4 Å². The molecule has 1 saturated carbocycles. The smallest absolute Gasteiger partial charge is 0.485 e.